The van der Waals surface area contributed by atoms with Crippen LogP contribution < -0.4 is 10.1 Å². The third-order valence-electron chi connectivity index (χ3n) is 5.96. The normalized spacial score (nSPS) is 13.8. The lowest BCUT2D eigenvalue weighted by Gasteiger charge is -2.16. The summed E-state index contributed by atoms with van der Waals surface area (Å²) in [6.45, 7) is 1.17. The molecule has 5 heteroatoms. The van der Waals surface area contributed by atoms with Gasteiger partial charge in [-0.3, -0.25) is 4.79 Å². The number of rotatable bonds is 9. The van der Waals surface area contributed by atoms with Crippen molar-refractivity contribution >= 4 is 11.7 Å². The molecule has 0 atom stereocenters. The number of nitrogens with one attached hydrogen (secondary N) is 1. The van der Waals surface area contributed by atoms with Gasteiger partial charge in [0, 0.05) is 23.4 Å². The molecule has 3 aromatic carbocycles. The summed E-state index contributed by atoms with van der Waals surface area (Å²) in [6.07, 6.45) is 4.97. The number of anilines is 1. The number of carboxylic acids is 1. The zero-order chi connectivity index (χ0) is 22.3. The molecule has 3 aromatic rings. The highest BCUT2D eigenvalue weighted by molar-refractivity contribution is 5.71. The molecule has 0 aliphatic heterocycles. The Labute approximate surface area is 188 Å². The molecule has 0 saturated heterocycles. The van der Waals surface area contributed by atoms with Gasteiger partial charge in [0.05, 0.1) is 6.42 Å². The number of ether oxygens (including phenoxy) is 1. The molecule has 1 aliphatic carbocycles. The summed E-state index contributed by atoms with van der Waals surface area (Å²) in [5, 5.41) is 12.7. The first kappa shape index (κ1) is 21.9. The van der Waals surface area contributed by atoms with Gasteiger partial charge in [0.15, 0.2) is 0 Å². The maximum absolute atomic E-state index is 14.5. The van der Waals surface area contributed by atoms with Gasteiger partial charge < -0.3 is 15.2 Å². The Balaban J connectivity index is 1.57. The number of halogens is 1. The first-order valence-corrected chi connectivity index (χ1v) is 11.1. The highest BCUT2D eigenvalue weighted by Gasteiger charge is 2.15. The van der Waals surface area contributed by atoms with Gasteiger partial charge in [-0.1, -0.05) is 49.2 Å². The molecule has 0 radical (unpaired) electrons. The van der Waals surface area contributed by atoms with E-state index >= 15 is 0 Å². The van der Waals surface area contributed by atoms with E-state index in [1.54, 1.807) is 30.3 Å². The molecule has 0 spiro atoms. The van der Waals surface area contributed by atoms with Gasteiger partial charge in [0.25, 0.3) is 0 Å². The van der Waals surface area contributed by atoms with Crippen molar-refractivity contribution in [2.24, 2.45) is 5.92 Å². The molecule has 0 aromatic heterocycles. The number of benzene rings is 3. The number of hydrogen-bond acceptors (Lipinski definition) is 3. The Bertz CT molecular complexity index is 1080. The minimum atomic E-state index is -0.902. The molecule has 0 amide bonds. The molecule has 1 aliphatic rings. The molecular formula is C27H28FNO3. The molecule has 166 valence electrons. The Morgan fingerprint density at radius 3 is 2.56 bits per heavy atom. The second-order valence-corrected chi connectivity index (χ2v) is 8.40. The molecule has 0 bridgehead atoms. The number of para-hydroxylation sites is 1. The number of hydrogen-bond donors (Lipinski definition) is 2. The first-order valence-electron chi connectivity index (χ1n) is 11.1. The van der Waals surface area contributed by atoms with Crippen LogP contribution in [0.3, 0.4) is 0 Å². The Kier molecular flexibility index (Phi) is 7.05. The zero-order valence-corrected chi connectivity index (χ0v) is 18.0. The second-order valence-electron chi connectivity index (χ2n) is 8.40. The van der Waals surface area contributed by atoms with Crippen LogP contribution in [-0.4, -0.2) is 17.6 Å². The zero-order valence-electron chi connectivity index (χ0n) is 18.0. The molecular weight excluding hydrogens is 405 g/mol. The van der Waals surface area contributed by atoms with E-state index in [4.69, 9.17) is 9.84 Å². The van der Waals surface area contributed by atoms with Gasteiger partial charge >= 0.3 is 5.97 Å². The fourth-order valence-electron chi connectivity index (χ4n) is 4.32. The van der Waals surface area contributed by atoms with Crippen molar-refractivity contribution in [2.45, 2.75) is 38.7 Å². The van der Waals surface area contributed by atoms with Gasteiger partial charge in [-0.25, -0.2) is 4.39 Å². The number of aliphatic carboxylic acids is 1. The maximum atomic E-state index is 14.5. The van der Waals surface area contributed by atoms with Gasteiger partial charge in [0.1, 0.15) is 18.2 Å². The van der Waals surface area contributed by atoms with Crippen LogP contribution in [0.4, 0.5) is 10.1 Å². The third-order valence-corrected chi connectivity index (χ3v) is 5.96. The fraction of sp³-hybridized carbons (Fsp3) is 0.296. The average Bonchev–Trinajstić information content (AvgIpc) is 3.31. The molecule has 0 unspecified atom stereocenters. The predicted molar refractivity (Wildman–Crippen MR) is 124 cm³/mol. The lowest BCUT2D eigenvalue weighted by atomic mass is 10.0. The topological polar surface area (TPSA) is 58.6 Å². The predicted octanol–water partition coefficient (Wildman–Crippen LogP) is 6.30. The minimum absolute atomic E-state index is 0.0976. The first-order chi connectivity index (χ1) is 15.6. The van der Waals surface area contributed by atoms with Crippen molar-refractivity contribution in [2.75, 3.05) is 11.9 Å². The van der Waals surface area contributed by atoms with Crippen LogP contribution in [0, 0.1) is 11.7 Å². The third kappa shape index (κ3) is 5.67. The molecule has 4 nitrogen and oxygen atoms in total. The van der Waals surface area contributed by atoms with Crippen molar-refractivity contribution in [1.82, 2.24) is 0 Å². The van der Waals surface area contributed by atoms with Crippen molar-refractivity contribution in [1.29, 1.82) is 0 Å². The van der Waals surface area contributed by atoms with E-state index in [0.29, 0.717) is 22.8 Å². The summed E-state index contributed by atoms with van der Waals surface area (Å²) in [4.78, 5) is 11.2. The van der Waals surface area contributed by atoms with Gasteiger partial charge in [-0.15, -0.1) is 0 Å². The summed E-state index contributed by atoms with van der Waals surface area (Å²) in [6, 6.07) is 19.9. The van der Waals surface area contributed by atoms with Crippen LogP contribution in [0.15, 0.2) is 66.7 Å². The number of carbonyl (C=O) groups is 1. The van der Waals surface area contributed by atoms with E-state index in [1.165, 1.54) is 31.7 Å². The van der Waals surface area contributed by atoms with E-state index in [-0.39, 0.29) is 18.8 Å². The van der Waals surface area contributed by atoms with Crippen LogP contribution in [0.5, 0.6) is 5.75 Å². The van der Waals surface area contributed by atoms with Crippen LogP contribution in [0.1, 0.15) is 36.8 Å². The summed E-state index contributed by atoms with van der Waals surface area (Å²) in [5.74, 6) is 0.0569. The standard InChI is InChI=1S/C27H28FNO3/c28-25-11-5-4-10-24(25)22-13-20(14-23(15-22)29-17-19-7-1-2-8-19)18-32-26-12-6-3-9-21(26)16-27(30)31/h3-6,9-15,19,29H,1-2,7-8,16-18H2,(H,30,31). The van der Waals surface area contributed by atoms with E-state index in [9.17, 15) is 9.18 Å². The van der Waals surface area contributed by atoms with Crippen molar-refractivity contribution < 1.29 is 19.0 Å². The quantitative estimate of drug-likeness (QED) is 0.416. The van der Waals surface area contributed by atoms with E-state index in [1.807, 2.05) is 30.3 Å². The van der Waals surface area contributed by atoms with E-state index in [2.05, 4.69) is 5.32 Å². The van der Waals surface area contributed by atoms with E-state index < -0.39 is 5.97 Å². The van der Waals surface area contributed by atoms with Crippen LogP contribution in [0.2, 0.25) is 0 Å². The monoisotopic (exact) mass is 433 g/mol. The lowest BCUT2D eigenvalue weighted by Crippen LogP contribution is -2.11. The van der Waals surface area contributed by atoms with E-state index in [0.717, 1.165) is 23.4 Å². The highest BCUT2D eigenvalue weighted by Crippen LogP contribution is 2.30. The van der Waals surface area contributed by atoms with Crippen molar-refractivity contribution in [3.63, 3.8) is 0 Å². The van der Waals surface area contributed by atoms with Crippen LogP contribution in [-0.2, 0) is 17.8 Å². The van der Waals surface area contributed by atoms with Gasteiger partial charge in [-0.05, 0) is 60.2 Å². The Morgan fingerprint density at radius 1 is 1.03 bits per heavy atom. The minimum Gasteiger partial charge on any atom is -0.489 e. The summed E-state index contributed by atoms with van der Waals surface area (Å²) in [7, 11) is 0. The highest BCUT2D eigenvalue weighted by atomic mass is 19.1. The number of carboxylic acid groups (broad SMARTS) is 1. The summed E-state index contributed by atoms with van der Waals surface area (Å²) < 4.78 is 20.5. The van der Waals surface area contributed by atoms with Gasteiger partial charge in [-0.2, -0.15) is 0 Å². The maximum Gasteiger partial charge on any atom is 0.307 e. The Morgan fingerprint density at radius 2 is 1.78 bits per heavy atom. The second kappa shape index (κ2) is 10.3. The SMILES string of the molecule is O=C(O)Cc1ccccc1OCc1cc(NCC2CCCC2)cc(-c2ccccc2F)c1. The molecule has 2 N–H and O–H groups in total. The van der Waals surface area contributed by atoms with Gasteiger partial charge in [0.2, 0.25) is 0 Å². The molecule has 1 saturated carbocycles. The van der Waals surface area contributed by atoms with Crippen LogP contribution >= 0.6 is 0 Å². The smallest absolute Gasteiger partial charge is 0.307 e. The van der Waals surface area contributed by atoms with Crippen molar-refractivity contribution in [3.8, 4) is 16.9 Å². The fourth-order valence-corrected chi connectivity index (χ4v) is 4.32. The largest absolute Gasteiger partial charge is 0.489 e. The Hall–Kier alpha value is -3.34. The molecule has 32 heavy (non-hydrogen) atoms. The summed E-state index contributed by atoms with van der Waals surface area (Å²) in [5.41, 5.74) is 3.80. The summed E-state index contributed by atoms with van der Waals surface area (Å²) >= 11 is 0. The molecule has 1 fully saturated rings. The van der Waals surface area contributed by atoms with Crippen molar-refractivity contribution in [3.05, 3.63) is 83.7 Å². The molecule has 0 heterocycles. The molecule has 4 rings (SSSR count). The lowest BCUT2D eigenvalue weighted by molar-refractivity contribution is -0.136. The average molecular weight is 434 g/mol. The van der Waals surface area contributed by atoms with Crippen LogP contribution in [0.25, 0.3) is 11.1 Å².